The number of esters is 1. The number of amides is 1. The highest BCUT2D eigenvalue weighted by Crippen LogP contribution is 2.19. The summed E-state index contributed by atoms with van der Waals surface area (Å²) in [5, 5.41) is 12.0. The van der Waals surface area contributed by atoms with Crippen molar-refractivity contribution in [1.29, 1.82) is 5.26 Å². The number of hydrogen-bond acceptors (Lipinski definition) is 5. The van der Waals surface area contributed by atoms with Crippen molar-refractivity contribution >= 4 is 23.6 Å². The van der Waals surface area contributed by atoms with Crippen molar-refractivity contribution in [2.75, 3.05) is 12.4 Å². The van der Waals surface area contributed by atoms with E-state index in [4.69, 9.17) is 4.74 Å². The summed E-state index contributed by atoms with van der Waals surface area (Å²) in [5.74, 6) is -0.907. The first kappa shape index (κ1) is 22.2. The Labute approximate surface area is 184 Å². The van der Waals surface area contributed by atoms with Crippen LogP contribution in [-0.4, -0.2) is 19.0 Å². The van der Waals surface area contributed by atoms with E-state index in [1.807, 2.05) is 6.07 Å². The van der Waals surface area contributed by atoms with Gasteiger partial charge in [0.2, 0.25) is 0 Å². The average Bonchev–Trinajstić information content (AvgIpc) is 2.81. The molecule has 0 aliphatic rings. The van der Waals surface area contributed by atoms with E-state index in [2.05, 4.69) is 10.1 Å². The van der Waals surface area contributed by atoms with Gasteiger partial charge < -0.3 is 14.8 Å². The van der Waals surface area contributed by atoms with Crippen LogP contribution in [0.5, 0.6) is 5.75 Å². The van der Waals surface area contributed by atoms with E-state index in [1.54, 1.807) is 48.5 Å². The van der Waals surface area contributed by atoms with Crippen LogP contribution in [0, 0.1) is 17.1 Å². The lowest BCUT2D eigenvalue weighted by molar-refractivity contribution is -0.112. The molecule has 0 fully saturated rings. The van der Waals surface area contributed by atoms with Crippen LogP contribution in [0.25, 0.3) is 6.08 Å². The maximum Gasteiger partial charge on any atom is 0.337 e. The third-order valence-electron chi connectivity index (χ3n) is 4.39. The molecule has 3 aromatic carbocycles. The molecule has 0 bridgehead atoms. The Morgan fingerprint density at radius 3 is 2.50 bits per heavy atom. The molecule has 7 heteroatoms. The standard InChI is InChI=1S/C25H19FN2O4/c1-31-25(30)19-8-10-22(11-9-19)28-24(29)20(15-27)12-17-4-3-7-23(14-17)32-16-18-5-2-6-21(26)13-18/h2-14H,16H2,1H3,(H,28,29)/b20-12-. The molecule has 0 aliphatic heterocycles. The maximum atomic E-state index is 13.3. The number of methoxy groups -OCH3 is 1. The van der Waals surface area contributed by atoms with Crippen LogP contribution in [0.1, 0.15) is 21.5 Å². The van der Waals surface area contributed by atoms with E-state index in [0.29, 0.717) is 28.1 Å². The molecule has 0 radical (unpaired) electrons. The number of carbonyl (C=O) groups excluding carboxylic acids is 2. The van der Waals surface area contributed by atoms with Crippen LogP contribution < -0.4 is 10.1 Å². The van der Waals surface area contributed by atoms with Gasteiger partial charge in [-0.15, -0.1) is 0 Å². The Morgan fingerprint density at radius 2 is 1.81 bits per heavy atom. The molecular weight excluding hydrogens is 411 g/mol. The molecule has 1 amide bonds. The summed E-state index contributed by atoms with van der Waals surface area (Å²) >= 11 is 0. The fourth-order valence-corrected chi connectivity index (χ4v) is 2.81. The van der Waals surface area contributed by atoms with Crippen LogP contribution in [-0.2, 0) is 16.1 Å². The topological polar surface area (TPSA) is 88.4 Å². The number of benzene rings is 3. The van der Waals surface area contributed by atoms with Gasteiger partial charge in [0.1, 0.15) is 29.8 Å². The van der Waals surface area contributed by atoms with Gasteiger partial charge in [-0.25, -0.2) is 9.18 Å². The number of nitrogens with zero attached hydrogens (tertiary/aromatic N) is 1. The zero-order valence-electron chi connectivity index (χ0n) is 17.2. The highest BCUT2D eigenvalue weighted by molar-refractivity contribution is 6.09. The highest BCUT2D eigenvalue weighted by Gasteiger charge is 2.11. The molecule has 0 spiro atoms. The van der Waals surface area contributed by atoms with E-state index in [0.717, 1.165) is 0 Å². The van der Waals surface area contributed by atoms with Gasteiger partial charge in [-0.3, -0.25) is 4.79 Å². The molecule has 6 nitrogen and oxygen atoms in total. The molecule has 0 unspecified atom stereocenters. The van der Waals surface area contributed by atoms with Gasteiger partial charge in [-0.05, 0) is 65.7 Å². The Balaban J connectivity index is 1.68. The summed E-state index contributed by atoms with van der Waals surface area (Å²) in [5.41, 5.74) is 1.94. The van der Waals surface area contributed by atoms with Gasteiger partial charge in [-0.1, -0.05) is 24.3 Å². The molecule has 0 saturated carbocycles. The van der Waals surface area contributed by atoms with E-state index >= 15 is 0 Å². The zero-order chi connectivity index (χ0) is 22.9. The van der Waals surface area contributed by atoms with E-state index < -0.39 is 11.9 Å². The number of ether oxygens (including phenoxy) is 2. The van der Waals surface area contributed by atoms with Crippen molar-refractivity contribution in [2.24, 2.45) is 0 Å². The lowest BCUT2D eigenvalue weighted by atomic mass is 10.1. The minimum atomic E-state index is -0.593. The Hall–Kier alpha value is -4.44. The van der Waals surface area contributed by atoms with Crippen LogP contribution in [0.2, 0.25) is 0 Å². The number of nitrogens with one attached hydrogen (secondary N) is 1. The number of hydrogen-bond donors (Lipinski definition) is 1. The van der Waals surface area contributed by atoms with Crippen molar-refractivity contribution in [3.05, 3.63) is 101 Å². The van der Waals surface area contributed by atoms with Crippen molar-refractivity contribution in [3.63, 3.8) is 0 Å². The molecule has 160 valence electrons. The predicted octanol–water partition coefficient (Wildman–Crippen LogP) is 4.74. The largest absolute Gasteiger partial charge is 0.489 e. The van der Waals surface area contributed by atoms with Gasteiger partial charge in [0, 0.05) is 5.69 Å². The maximum absolute atomic E-state index is 13.3. The van der Waals surface area contributed by atoms with Crippen molar-refractivity contribution in [2.45, 2.75) is 6.61 Å². The van der Waals surface area contributed by atoms with Crippen molar-refractivity contribution in [3.8, 4) is 11.8 Å². The van der Waals surface area contributed by atoms with Gasteiger partial charge >= 0.3 is 5.97 Å². The monoisotopic (exact) mass is 430 g/mol. The first-order chi connectivity index (χ1) is 15.5. The third-order valence-corrected chi connectivity index (χ3v) is 4.39. The normalized spacial score (nSPS) is 10.7. The fourth-order valence-electron chi connectivity index (χ4n) is 2.81. The number of anilines is 1. The van der Waals surface area contributed by atoms with Crippen LogP contribution in [0.4, 0.5) is 10.1 Å². The van der Waals surface area contributed by atoms with Gasteiger partial charge in [0.25, 0.3) is 5.91 Å². The molecule has 0 heterocycles. The highest BCUT2D eigenvalue weighted by atomic mass is 19.1. The number of carbonyl (C=O) groups is 2. The summed E-state index contributed by atoms with van der Waals surface area (Å²) in [4.78, 5) is 24.0. The fraction of sp³-hybridized carbons (Fsp3) is 0.0800. The number of rotatable bonds is 7. The second-order valence-corrected chi connectivity index (χ2v) is 6.68. The molecule has 3 aromatic rings. The van der Waals surface area contributed by atoms with Crippen molar-refractivity contribution in [1.82, 2.24) is 0 Å². The first-order valence-corrected chi connectivity index (χ1v) is 9.57. The van der Waals surface area contributed by atoms with Crippen LogP contribution >= 0.6 is 0 Å². The lowest BCUT2D eigenvalue weighted by Gasteiger charge is -2.08. The SMILES string of the molecule is COC(=O)c1ccc(NC(=O)/C(C#N)=C\c2cccc(OCc3cccc(F)c3)c2)cc1. The van der Waals surface area contributed by atoms with Gasteiger partial charge in [-0.2, -0.15) is 5.26 Å². The quantitative estimate of drug-likeness (QED) is 0.332. The smallest absolute Gasteiger partial charge is 0.337 e. The molecule has 3 rings (SSSR count). The first-order valence-electron chi connectivity index (χ1n) is 9.57. The molecule has 0 aliphatic carbocycles. The third kappa shape index (κ3) is 6.03. The Kier molecular flexibility index (Phi) is 7.33. The molecule has 0 saturated heterocycles. The molecule has 0 aromatic heterocycles. The second-order valence-electron chi connectivity index (χ2n) is 6.68. The molecule has 0 atom stereocenters. The predicted molar refractivity (Wildman–Crippen MR) is 117 cm³/mol. The van der Waals surface area contributed by atoms with Gasteiger partial charge in [0.15, 0.2) is 0 Å². The minimum absolute atomic E-state index is 0.107. The zero-order valence-corrected chi connectivity index (χ0v) is 17.2. The molecule has 32 heavy (non-hydrogen) atoms. The molecular formula is C25H19FN2O4. The summed E-state index contributed by atoms with van der Waals surface area (Å²) < 4.78 is 23.6. The van der Waals surface area contributed by atoms with E-state index in [-0.39, 0.29) is 18.0 Å². The molecule has 1 N–H and O–H groups in total. The van der Waals surface area contributed by atoms with Crippen LogP contribution in [0.3, 0.4) is 0 Å². The van der Waals surface area contributed by atoms with E-state index in [1.165, 1.54) is 37.5 Å². The Morgan fingerprint density at radius 1 is 1.06 bits per heavy atom. The summed E-state index contributed by atoms with van der Waals surface area (Å²) in [6.45, 7) is 0.179. The average molecular weight is 430 g/mol. The summed E-state index contributed by atoms with van der Waals surface area (Å²) in [6, 6.07) is 21.0. The van der Waals surface area contributed by atoms with Crippen molar-refractivity contribution < 1.29 is 23.5 Å². The Bertz CT molecular complexity index is 1200. The van der Waals surface area contributed by atoms with E-state index in [9.17, 15) is 19.2 Å². The lowest BCUT2D eigenvalue weighted by Crippen LogP contribution is -2.13. The number of halogens is 1. The van der Waals surface area contributed by atoms with Gasteiger partial charge in [0.05, 0.1) is 12.7 Å². The number of nitriles is 1. The second kappa shape index (κ2) is 10.5. The minimum Gasteiger partial charge on any atom is -0.489 e. The van der Waals surface area contributed by atoms with Crippen LogP contribution in [0.15, 0.2) is 78.4 Å². The summed E-state index contributed by atoms with van der Waals surface area (Å²) in [6.07, 6.45) is 1.44. The summed E-state index contributed by atoms with van der Waals surface area (Å²) in [7, 11) is 1.28.